The van der Waals surface area contributed by atoms with E-state index in [0.29, 0.717) is 10.8 Å². The maximum absolute atomic E-state index is 6.10. The van der Waals surface area contributed by atoms with Gasteiger partial charge in [0.2, 0.25) is 0 Å². The lowest BCUT2D eigenvalue weighted by molar-refractivity contribution is 0.891. The molecule has 3 rings (SSSR count). The Balaban J connectivity index is 2.04. The number of nitrogens with one attached hydrogen (secondary N) is 1. The Kier molecular flexibility index (Phi) is 2.68. The van der Waals surface area contributed by atoms with Gasteiger partial charge in [-0.15, -0.1) is 0 Å². The van der Waals surface area contributed by atoms with Crippen LogP contribution in [0.2, 0.25) is 5.02 Å². The van der Waals surface area contributed by atoms with Crippen molar-refractivity contribution in [2.24, 2.45) is 4.99 Å². The Morgan fingerprint density at radius 1 is 1.39 bits per heavy atom. The van der Waals surface area contributed by atoms with Gasteiger partial charge in [0.1, 0.15) is 11.7 Å². The summed E-state index contributed by atoms with van der Waals surface area (Å²) in [6.45, 7) is 1.62. The molecule has 3 N–H and O–H groups in total. The molecule has 92 valence electrons. The number of hydrogen-bond acceptors (Lipinski definition) is 4. The lowest BCUT2D eigenvalue weighted by Gasteiger charge is -2.05. The van der Waals surface area contributed by atoms with E-state index in [2.05, 4.69) is 15.4 Å². The predicted octanol–water partition coefficient (Wildman–Crippen LogP) is 1.46. The first kappa shape index (κ1) is 11.1. The summed E-state index contributed by atoms with van der Waals surface area (Å²) in [5.74, 6) is 1.37. The first-order valence-electron chi connectivity index (χ1n) is 5.64. The average Bonchev–Trinajstić information content (AvgIpc) is 2.97. The number of hydrogen-bond donors (Lipinski definition) is 2. The van der Waals surface area contributed by atoms with E-state index in [9.17, 15) is 0 Å². The second-order valence-electron chi connectivity index (χ2n) is 3.99. The molecule has 0 saturated heterocycles. The maximum atomic E-state index is 6.10. The van der Waals surface area contributed by atoms with Gasteiger partial charge < -0.3 is 11.1 Å². The minimum atomic E-state index is 0.561. The van der Waals surface area contributed by atoms with Gasteiger partial charge in [0, 0.05) is 11.6 Å². The number of halogens is 1. The van der Waals surface area contributed by atoms with Crippen LogP contribution in [0.1, 0.15) is 5.56 Å². The molecular formula is C12H12ClN5. The molecule has 2 aromatic rings. The van der Waals surface area contributed by atoms with Gasteiger partial charge in [0.25, 0.3) is 0 Å². The standard InChI is InChI=1S/C12H12ClN5/c13-8-2-1-3-9(6-8)18-11(14)10(7-17-18)12-15-4-5-16-12/h1-3,6-7H,4-5,14H2,(H,15,16). The molecule has 0 saturated carbocycles. The van der Waals surface area contributed by atoms with Gasteiger partial charge >= 0.3 is 0 Å². The maximum Gasteiger partial charge on any atom is 0.138 e. The third kappa shape index (κ3) is 1.82. The zero-order valence-electron chi connectivity index (χ0n) is 9.60. The fraction of sp³-hybridized carbons (Fsp3) is 0.167. The summed E-state index contributed by atoms with van der Waals surface area (Å²) in [6, 6.07) is 7.40. The first-order chi connectivity index (χ1) is 8.75. The van der Waals surface area contributed by atoms with E-state index < -0.39 is 0 Å². The minimum absolute atomic E-state index is 0.561. The van der Waals surface area contributed by atoms with Gasteiger partial charge in [-0.05, 0) is 18.2 Å². The zero-order chi connectivity index (χ0) is 12.5. The Labute approximate surface area is 109 Å². The Morgan fingerprint density at radius 2 is 2.28 bits per heavy atom. The van der Waals surface area contributed by atoms with Gasteiger partial charge in [-0.1, -0.05) is 17.7 Å². The molecular weight excluding hydrogens is 250 g/mol. The summed E-state index contributed by atoms with van der Waals surface area (Å²) in [4.78, 5) is 4.34. The number of aromatic nitrogens is 2. The van der Waals surface area contributed by atoms with Gasteiger partial charge in [0.15, 0.2) is 0 Å². The van der Waals surface area contributed by atoms with Gasteiger partial charge in [0.05, 0.1) is 24.0 Å². The second-order valence-corrected chi connectivity index (χ2v) is 4.43. The quantitative estimate of drug-likeness (QED) is 0.860. The number of anilines is 1. The van der Waals surface area contributed by atoms with Crippen molar-refractivity contribution in [3.05, 3.63) is 41.0 Å². The summed E-state index contributed by atoms with van der Waals surface area (Å²) in [5.41, 5.74) is 7.77. The minimum Gasteiger partial charge on any atom is -0.383 e. The third-order valence-electron chi connectivity index (χ3n) is 2.79. The van der Waals surface area contributed by atoms with Crippen molar-refractivity contribution in [1.82, 2.24) is 15.1 Å². The number of amidine groups is 1. The fourth-order valence-electron chi connectivity index (χ4n) is 1.93. The molecule has 0 unspecified atom stereocenters. The summed E-state index contributed by atoms with van der Waals surface area (Å²) in [5, 5.41) is 8.12. The van der Waals surface area contributed by atoms with Gasteiger partial charge in [-0.2, -0.15) is 5.10 Å². The van der Waals surface area contributed by atoms with Crippen LogP contribution in [0.4, 0.5) is 5.82 Å². The molecule has 0 spiro atoms. The van der Waals surface area contributed by atoms with E-state index >= 15 is 0 Å². The molecule has 1 aliphatic heterocycles. The van der Waals surface area contributed by atoms with Crippen LogP contribution in [0.15, 0.2) is 35.5 Å². The highest BCUT2D eigenvalue weighted by Crippen LogP contribution is 2.20. The Morgan fingerprint density at radius 3 is 3.00 bits per heavy atom. The van der Waals surface area contributed by atoms with Crippen LogP contribution in [0.3, 0.4) is 0 Å². The van der Waals surface area contributed by atoms with Crippen LogP contribution in [-0.4, -0.2) is 28.7 Å². The lowest BCUT2D eigenvalue weighted by atomic mass is 10.3. The zero-order valence-corrected chi connectivity index (χ0v) is 10.4. The summed E-state index contributed by atoms with van der Waals surface area (Å²) < 4.78 is 1.66. The van der Waals surface area contributed by atoms with Crippen LogP contribution in [0.25, 0.3) is 5.69 Å². The molecule has 0 bridgehead atoms. The van der Waals surface area contributed by atoms with Crippen LogP contribution < -0.4 is 11.1 Å². The molecule has 0 aliphatic carbocycles. The SMILES string of the molecule is Nc1c(C2=NCCN2)cnn1-c1cccc(Cl)c1. The molecule has 18 heavy (non-hydrogen) atoms. The van der Waals surface area contributed by atoms with Crippen molar-refractivity contribution in [1.29, 1.82) is 0 Å². The molecule has 1 aromatic carbocycles. The van der Waals surface area contributed by atoms with Crippen molar-refractivity contribution in [2.45, 2.75) is 0 Å². The van der Waals surface area contributed by atoms with Crippen LogP contribution >= 0.6 is 11.6 Å². The number of nitrogen functional groups attached to an aromatic ring is 1. The van der Waals surface area contributed by atoms with Gasteiger partial charge in [-0.3, -0.25) is 4.99 Å². The average molecular weight is 262 g/mol. The molecule has 0 atom stereocenters. The van der Waals surface area contributed by atoms with Crippen LogP contribution in [-0.2, 0) is 0 Å². The number of nitrogens with two attached hydrogens (primary N) is 1. The van der Waals surface area contributed by atoms with Crippen LogP contribution in [0.5, 0.6) is 0 Å². The van der Waals surface area contributed by atoms with E-state index in [4.69, 9.17) is 17.3 Å². The second kappa shape index (κ2) is 4.34. The number of nitrogens with zero attached hydrogens (tertiary/aromatic N) is 3. The number of aliphatic imine (C=N–C) groups is 1. The van der Waals surface area contributed by atoms with E-state index in [1.807, 2.05) is 24.3 Å². The highest BCUT2D eigenvalue weighted by molar-refractivity contribution is 6.30. The molecule has 0 amide bonds. The van der Waals surface area contributed by atoms with Crippen molar-refractivity contribution >= 4 is 23.3 Å². The monoisotopic (exact) mass is 261 g/mol. The summed E-state index contributed by atoms with van der Waals surface area (Å²) >= 11 is 5.96. The van der Waals surface area contributed by atoms with Crippen molar-refractivity contribution < 1.29 is 0 Å². The van der Waals surface area contributed by atoms with Crippen molar-refractivity contribution in [3.63, 3.8) is 0 Å². The predicted molar refractivity (Wildman–Crippen MR) is 72.4 cm³/mol. The summed E-state index contributed by atoms with van der Waals surface area (Å²) in [7, 11) is 0. The molecule has 6 heteroatoms. The topological polar surface area (TPSA) is 68.2 Å². The van der Waals surface area contributed by atoms with E-state index in [1.54, 1.807) is 10.9 Å². The molecule has 0 fully saturated rings. The normalized spacial score (nSPS) is 14.4. The lowest BCUT2D eigenvalue weighted by Crippen LogP contribution is -2.20. The van der Waals surface area contributed by atoms with E-state index in [0.717, 1.165) is 30.2 Å². The number of benzene rings is 1. The highest BCUT2D eigenvalue weighted by Gasteiger charge is 2.16. The largest absolute Gasteiger partial charge is 0.383 e. The highest BCUT2D eigenvalue weighted by atomic mass is 35.5. The fourth-order valence-corrected chi connectivity index (χ4v) is 2.12. The molecule has 1 aliphatic rings. The smallest absolute Gasteiger partial charge is 0.138 e. The molecule has 5 nitrogen and oxygen atoms in total. The third-order valence-corrected chi connectivity index (χ3v) is 3.02. The first-order valence-corrected chi connectivity index (χ1v) is 6.01. The Bertz CT molecular complexity index is 617. The molecule has 0 radical (unpaired) electrons. The van der Waals surface area contributed by atoms with Crippen molar-refractivity contribution in [2.75, 3.05) is 18.8 Å². The van der Waals surface area contributed by atoms with Crippen LogP contribution in [0, 0.1) is 0 Å². The molecule has 1 aromatic heterocycles. The van der Waals surface area contributed by atoms with Crippen molar-refractivity contribution in [3.8, 4) is 5.69 Å². The Hall–Kier alpha value is -2.01. The van der Waals surface area contributed by atoms with E-state index in [1.165, 1.54) is 0 Å². The van der Waals surface area contributed by atoms with E-state index in [-0.39, 0.29) is 0 Å². The van der Waals surface area contributed by atoms with Gasteiger partial charge in [-0.25, -0.2) is 4.68 Å². The molecule has 2 heterocycles. The number of rotatable bonds is 2. The summed E-state index contributed by atoms with van der Waals surface area (Å²) in [6.07, 6.45) is 1.72.